The summed E-state index contributed by atoms with van der Waals surface area (Å²) in [5.41, 5.74) is 2.91. The number of hydrogen-bond acceptors (Lipinski definition) is 3. The topological polar surface area (TPSA) is 63.4 Å². The van der Waals surface area contributed by atoms with Crippen molar-refractivity contribution in [2.24, 2.45) is 0 Å². The number of rotatable bonds is 7. The number of nitro groups is 1. The molecule has 0 fully saturated rings. The van der Waals surface area contributed by atoms with Crippen molar-refractivity contribution in [2.75, 3.05) is 0 Å². The fourth-order valence-corrected chi connectivity index (χ4v) is 2.86. The van der Waals surface area contributed by atoms with Crippen molar-refractivity contribution in [3.8, 4) is 0 Å². The van der Waals surface area contributed by atoms with E-state index in [1.165, 1.54) is 12.1 Å². The number of non-ortho nitro benzene ring substituents is 1. The van der Waals surface area contributed by atoms with Gasteiger partial charge in [-0.25, -0.2) is 0 Å². The zero-order chi connectivity index (χ0) is 19.1. The van der Waals surface area contributed by atoms with Crippen molar-refractivity contribution in [3.05, 3.63) is 112 Å². The van der Waals surface area contributed by atoms with Crippen LogP contribution in [-0.4, -0.2) is 15.7 Å². The number of carbonyl (C=O) groups excluding carboxylic acids is 1. The predicted molar refractivity (Wildman–Crippen MR) is 104 cm³/mol. The Labute approximate surface area is 158 Å². The molecule has 0 bridgehead atoms. The number of hydrogen-bond donors (Lipinski definition) is 0. The summed E-state index contributed by atoms with van der Waals surface area (Å²) >= 11 is 0. The standard InChI is InChI=1S/C22H20N2O3/c25-22(15-18-11-13-21(14-12-18)24(26)27)23(16-19-7-3-1-4-8-19)17-20-9-5-2-6-10-20/h1-14H,15-17H2. The Morgan fingerprint density at radius 2 is 1.22 bits per heavy atom. The van der Waals surface area contributed by atoms with Gasteiger partial charge in [0.15, 0.2) is 0 Å². The molecule has 0 spiro atoms. The van der Waals surface area contributed by atoms with Crippen molar-refractivity contribution < 1.29 is 9.72 Å². The summed E-state index contributed by atoms with van der Waals surface area (Å²) in [6.07, 6.45) is 0.206. The summed E-state index contributed by atoms with van der Waals surface area (Å²) in [6, 6.07) is 25.8. The molecule has 3 rings (SSSR count). The van der Waals surface area contributed by atoms with Gasteiger partial charge in [-0.3, -0.25) is 14.9 Å². The molecule has 5 nitrogen and oxygen atoms in total. The molecule has 136 valence electrons. The van der Waals surface area contributed by atoms with E-state index in [0.717, 1.165) is 16.7 Å². The monoisotopic (exact) mass is 360 g/mol. The maximum atomic E-state index is 12.9. The highest BCUT2D eigenvalue weighted by atomic mass is 16.6. The van der Waals surface area contributed by atoms with Gasteiger partial charge in [0.05, 0.1) is 11.3 Å². The molecule has 3 aromatic rings. The predicted octanol–water partition coefficient (Wildman–Crippen LogP) is 4.37. The minimum absolute atomic E-state index is 0.0171. The van der Waals surface area contributed by atoms with E-state index >= 15 is 0 Å². The molecule has 0 atom stereocenters. The fraction of sp³-hybridized carbons (Fsp3) is 0.136. The fourth-order valence-electron chi connectivity index (χ4n) is 2.86. The Bertz CT molecular complexity index is 852. The molecular weight excluding hydrogens is 340 g/mol. The van der Waals surface area contributed by atoms with Gasteiger partial charge >= 0.3 is 0 Å². The van der Waals surface area contributed by atoms with E-state index in [4.69, 9.17) is 0 Å². The maximum absolute atomic E-state index is 12.9. The van der Waals surface area contributed by atoms with Crippen LogP contribution in [0.25, 0.3) is 0 Å². The average Bonchev–Trinajstić information content (AvgIpc) is 2.69. The van der Waals surface area contributed by atoms with Gasteiger partial charge in [0.1, 0.15) is 0 Å². The highest BCUT2D eigenvalue weighted by molar-refractivity contribution is 5.78. The number of benzene rings is 3. The number of carbonyl (C=O) groups is 1. The van der Waals surface area contributed by atoms with Crippen LogP contribution in [0.4, 0.5) is 5.69 Å². The van der Waals surface area contributed by atoms with E-state index in [1.807, 2.05) is 65.6 Å². The third kappa shape index (κ3) is 5.25. The van der Waals surface area contributed by atoms with E-state index in [9.17, 15) is 14.9 Å². The van der Waals surface area contributed by atoms with Crippen LogP contribution >= 0.6 is 0 Å². The summed E-state index contributed by atoms with van der Waals surface area (Å²) in [5, 5.41) is 10.8. The summed E-state index contributed by atoms with van der Waals surface area (Å²) in [7, 11) is 0. The maximum Gasteiger partial charge on any atom is 0.269 e. The number of amides is 1. The van der Waals surface area contributed by atoms with Crippen molar-refractivity contribution in [1.82, 2.24) is 4.90 Å². The zero-order valence-electron chi connectivity index (χ0n) is 14.8. The van der Waals surface area contributed by atoms with Crippen LogP contribution in [0.2, 0.25) is 0 Å². The molecule has 0 saturated heterocycles. The minimum Gasteiger partial charge on any atom is -0.334 e. The molecule has 0 aromatic heterocycles. The molecule has 0 heterocycles. The lowest BCUT2D eigenvalue weighted by molar-refractivity contribution is -0.384. The molecule has 5 heteroatoms. The molecular formula is C22H20N2O3. The molecule has 0 N–H and O–H groups in total. The SMILES string of the molecule is O=C(Cc1ccc([N+](=O)[O-])cc1)N(Cc1ccccc1)Cc1ccccc1. The van der Waals surface area contributed by atoms with Gasteiger partial charge in [0, 0.05) is 25.2 Å². The molecule has 0 aliphatic heterocycles. The van der Waals surface area contributed by atoms with Crippen molar-refractivity contribution in [2.45, 2.75) is 19.5 Å². The number of nitro benzene ring substituents is 1. The van der Waals surface area contributed by atoms with Gasteiger partial charge in [-0.05, 0) is 16.7 Å². The van der Waals surface area contributed by atoms with Crippen molar-refractivity contribution >= 4 is 11.6 Å². The summed E-state index contributed by atoms with van der Waals surface area (Å²) in [5.74, 6) is -0.0171. The highest BCUT2D eigenvalue weighted by Gasteiger charge is 2.16. The van der Waals surface area contributed by atoms with E-state index in [2.05, 4.69) is 0 Å². The van der Waals surface area contributed by atoms with Crippen LogP contribution < -0.4 is 0 Å². The van der Waals surface area contributed by atoms with E-state index in [-0.39, 0.29) is 18.0 Å². The van der Waals surface area contributed by atoms with Crippen LogP contribution in [0, 0.1) is 10.1 Å². The molecule has 27 heavy (non-hydrogen) atoms. The molecule has 0 aliphatic rings. The minimum atomic E-state index is -0.442. The first kappa shape index (κ1) is 18.3. The second-order valence-electron chi connectivity index (χ2n) is 6.32. The first-order valence-electron chi connectivity index (χ1n) is 8.71. The van der Waals surface area contributed by atoms with E-state index in [0.29, 0.717) is 13.1 Å². The second-order valence-corrected chi connectivity index (χ2v) is 6.32. The Morgan fingerprint density at radius 3 is 1.67 bits per heavy atom. The van der Waals surface area contributed by atoms with Gasteiger partial charge < -0.3 is 4.90 Å². The zero-order valence-corrected chi connectivity index (χ0v) is 14.8. The lowest BCUT2D eigenvalue weighted by Crippen LogP contribution is -2.31. The van der Waals surface area contributed by atoms with Crippen molar-refractivity contribution in [1.29, 1.82) is 0 Å². The summed E-state index contributed by atoms with van der Waals surface area (Å²) in [4.78, 5) is 25.1. The van der Waals surface area contributed by atoms with E-state index < -0.39 is 4.92 Å². The highest BCUT2D eigenvalue weighted by Crippen LogP contribution is 2.15. The quantitative estimate of drug-likeness (QED) is 0.464. The smallest absolute Gasteiger partial charge is 0.269 e. The van der Waals surface area contributed by atoms with Crippen LogP contribution in [0.1, 0.15) is 16.7 Å². The first-order valence-corrected chi connectivity index (χ1v) is 8.71. The van der Waals surface area contributed by atoms with Gasteiger partial charge in [-0.15, -0.1) is 0 Å². The van der Waals surface area contributed by atoms with Gasteiger partial charge in [0.2, 0.25) is 5.91 Å². The lowest BCUT2D eigenvalue weighted by atomic mass is 10.1. The molecule has 3 aromatic carbocycles. The normalized spacial score (nSPS) is 10.4. The second kappa shape index (κ2) is 8.76. The molecule has 1 amide bonds. The summed E-state index contributed by atoms with van der Waals surface area (Å²) in [6.45, 7) is 1.03. The third-order valence-electron chi connectivity index (χ3n) is 4.29. The first-order chi connectivity index (χ1) is 13.1. The van der Waals surface area contributed by atoms with Crippen LogP contribution in [0.5, 0.6) is 0 Å². The van der Waals surface area contributed by atoms with E-state index in [1.54, 1.807) is 12.1 Å². The summed E-state index contributed by atoms with van der Waals surface area (Å²) < 4.78 is 0. The van der Waals surface area contributed by atoms with Crippen LogP contribution in [-0.2, 0) is 24.3 Å². The van der Waals surface area contributed by atoms with Gasteiger partial charge in [-0.1, -0.05) is 72.8 Å². The Morgan fingerprint density at radius 1 is 0.741 bits per heavy atom. The Kier molecular flexibility index (Phi) is 5.94. The Hall–Kier alpha value is -3.47. The molecule has 0 aliphatic carbocycles. The average molecular weight is 360 g/mol. The number of nitrogens with zero attached hydrogens (tertiary/aromatic N) is 2. The molecule has 0 unspecified atom stereocenters. The van der Waals surface area contributed by atoms with Gasteiger partial charge in [0.25, 0.3) is 5.69 Å². The van der Waals surface area contributed by atoms with Crippen LogP contribution in [0.3, 0.4) is 0 Å². The molecule has 0 radical (unpaired) electrons. The molecule has 0 saturated carbocycles. The lowest BCUT2D eigenvalue weighted by Gasteiger charge is -2.23. The van der Waals surface area contributed by atoms with Crippen LogP contribution in [0.15, 0.2) is 84.9 Å². The Balaban J connectivity index is 1.76. The third-order valence-corrected chi connectivity index (χ3v) is 4.29. The van der Waals surface area contributed by atoms with Gasteiger partial charge in [-0.2, -0.15) is 0 Å². The largest absolute Gasteiger partial charge is 0.334 e. The van der Waals surface area contributed by atoms with Crippen molar-refractivity contribution in [3.63, 3.8) is 0 Å².